The molecular weight excluding hydrogens is 466 g/mol. The van der Waals surface area contributed by atoms with Gasteiger partial charge in [-0.15, -0.1) is 21.5 Å². The summed E-state index contributed by atoms with van der Waals surface area (Å²) in [4.78, 5) is 35.4. The van der Waals surface area contributed by atoms with Crippen molar-refractivity contribution in [1.29, 1.82) is 0 Å². The third kappa shape index (κ3) is 5.81. The molecule has 10 nitrogen and oxygen atoms in total. The van der Waals surface area contributed by atoms with E-state index >= 15 is 0 Å². The second-order valence-electron chi connectivity index (χ2n) is 5.94. The predicted octanol–water partition coefficient (Wildman–Crippen LogP) is 3.86. The van der Waals surface area contributed by atoms with Crippen LogP contribution in [0.25, 0.3) is 10.7 Å². The van der Waals surface area contributed by atoms with Crippen molar-refractivity contribution in [2.24, 2.45) is 0 Å². The molecule has 0 radical (unpaired) electrons. The highest BCUT2D eigenvalue weighted by molar-refractivity contribution is 7.99. The number of thiophene rings is 1. The molecule has 2 aromatic heterocycles. The van der Waals surface area contributed by atoms with E-state index < -0.39 is 23.4 Å². The molecule has 0 fully saturated rings. The molecule has 1 aromatic carbocycles. The Labute approximate surface area is 189 Å². The number of hydrogen-bond acceptors (Lipinski definition) is 9. The SMILES string of the molecule is CCn1c(SCC(=O)OCC(=O)Nc2ccc(Cl)cc2[N+](=O)[O-])nnc1-c1cccs1. The van der Waals surface area contributed by atoms with Crippen molar-refractivity contribution in [2.45, 2.75) is 18.6 Å². The Hall–Kier alpha value is -2.96. The van der Waals surface area contributed by atoms with E-state index in [1.807, 2.05) is 29.0 Å². The number of aromatic nitrogens is 3. The van der Waals surface area contributed by atoms with E-state index in [0.29, 0.717) is 11.7 Å². The number of anilines is 1. The second kappa shape index (κ2) is 10.4. The van der Waals surface area contributed by atoms with Crippen LogP contribution in [0.3, 0.4) is 0 Å². The third-order valence-electron chi connectivity index (χ3n) is 3.89. The number of rotatable bonds is 9. The molecule has 0 aliphatic carbocycles. The molecular formula is C18H16ClN5O5S2. The lowest BCUT2D eigenvalue weighted by Gasteiger charge is -2.08. The molecule has 0 spiro atoms. The van der Waals surface area contributed by atoms with Gasteiger partial charge < -0.3 is 14.6 Å². The van der Waals surface area contributed by atoms with Crippen LogP contribution in [0.5, 0.6) is 0 Å². The molecule has 0 aliphatic rings. The molecule has 2 heterocycles. The minimum absolute atomic E-state index is 0.0398. The van der Waals surface area contributed by atoms with Gasteiger partial charge in [0, 0.05) is 17.6 Å². The van der Waals surface area contributed by atoms with Gasteiger partial charge in [0.05, 0.1) is 15.6 Å². The van der Waals surface area contributed by atoms with Crippen LogP contribution < -0.4 is 5.32 Å². The fraction of sp³-hybridized carbons (Fsp3) is 0.222. The fourth-order valence-corrected chi connectivity index (χ4v) is 4.21. The van der Waals surface area contributed by atoms with E-state index in [1.54, 1.807) is 11.3 Å². The Kier molecular flexibility index (Phi) is 7.60. The molecule has 1 N–H and O–H groups in total. The molecule has 0 atom stereocenters. The summed E-state index contributed by atoms with van der Waals surface area (Å²) in [5, 5.41) is 24.4. The minimum Gasteiger partial charge on any atom is -0.455 e. The number of carbonyl (C=O) groups excluding carboxylic acids is 2. The van der Waals surface area contributed by atoms with E-state index in [1.165, 1.54) is 12.1 Å². The lowest BCUT2D eigenvalue weighted by atomic mass is 10.2. The van der Waals surface area contributed by atoms with E-state index in [9.17, 15) is 19.7 Å². The maximum Gasteiger partial charge on any atom is 0.316 e. The van der Waals surface area contributed by atoms with Crippen LogP contribution in [0.4, 0.5) is 11.4 Å². The summed E-state index contributed by atoms with van der Waals surface area (Å²) in [5.41, 5.74) is -0.398. The predicted molar refractivity (Wildman–Crippen MR) is 117 cm³/mol. The van der Waals surface area contributed by atoms with Gasteiger partial charge >= 0.3 is 5.97 Å². The first-order chi connectivity index (χ1) is 14.9. The molecule has 3 aromatic rings. The van der Waals surface area contributed by atoms with Gasteiger partial charge in [0.25, 0.3) is 11.6 Å². The molecule has 162 valence electrons. The first-order valence-electron chi connectivity index (χ1n) is 8.88. The van der Waals surface area contributed by atoms with Gasteiger partial charge in [-0.1, -0.05) is 29.4 Å². The number of nitrogens with zero attached hydrogens (tertiary/aromatic N) is 4. The monoisotopic (exact) mass is 481 g/mol. The second-order valence-corrected chi connectivity index (χ2v) is 8.27. The summed E-state index contributed by atoms with van der Waals surface area (Å²) < 4.78 is 6.84. The summed E-state index contributed by atoms with van der Waals surface area (Å²) in [6, 6.07) is 7.68. The summed E-state index contributed by atoms with van der Waals surface area (Å²) >= 11 is 8.42. The van der Waals surface area contributed by atoms with E-state index in [0.717, 1.165) is 28.5 Å². The Morgan fingerprint density at radius 2 is 2.16 bits per heavy atom. The number of ether oxygens (including phenoxy) is 1. The van der Waals surface area contributed by atoms with Crippen LogP contribution in [0.1, 0.15) is 6.92 Å². The van der Waals surface area contributed by atoms with Crippen molar-refractivity contribution >= 4 is 58.0 Å². The summed E-state index contributed by atoms with van der Waals surface area (Å²) in [6.45, 7) is 1.99. The van der Waals surface area contributed by atoms with Crippen LogP contribution in [0, 0.1) is 10.1 Å². The van der Waals surface area contributed by atoms with Gasteiger partial charge in [0.1, 0.15) is 5.69 Å². The summed E-state index contributed by atoms with van der Waals surface area (Å²) in [5.74, 6) is -0.691. The largest absolute Gasteiger partial charge is 0.455 e. The van der Waals surface area contributed by atoms with Crippen LogP contribution in [-0.2, 0) is 20.9 Å². The number of hydrogen-bond donors (Lipinski definition) is 1. The van der Waals surface area contributed by atoms with Gasteiger partial charge in [-0.05, 0) is 30.5 Å². The first-order valence-corrected chi connectivity index (χ1v) is 11.1. The number of benzene rings is 1. The first kappa shape index (κ1) is 22.7. The van der Waals surface area contributed by atoms with Crippen LogP contribution in [-0.4, -0.2) is 43.9 Å². The molecule has 0 bridgehead atoms. The Bertz CT molecular complexity index is 1100. The molecule has 13 heteroatoms. The minimum atomic E-state index is -0.708. The standard InChI is InChI=1S/C18H16ClN5O5S2/c1-2-23-17(14-4-3-7-30-14)21-22-18(23)31-10-16(26)29-9-15(25)20-12-6-5-11(19)8-13(12)24(27)28/h3-8H,2,9-10H2,1H3,(H,20,25). The lowest BCUT2D eigenvalue weighted by molar-refractivity contribution is -0.383. The van der Waals surface area contributed by atoms with Crippen molar-refractivity contribution in [3.63, 3.8) is 0 Å². The third-order valence-corrected chi connectivity index (χ3v) is 5.93. The van der Waals surface area contributed by atoms with Crippen molar-refractivity contribution in [1.82, 2.24) is 14.8 Å². The molecule has 0 unspecified atom stereocenters. The van der Waals surface area contributed by atoms with Gasteiger partial charge in [-0.3, -0.25) is 19.7 Å². The van der Waals surface area contributed by atoms with Crippen LogP contribution in [0.15, 0.2) is 40.9 Å². The highest BCUT2D eigenvalue weighted by atomic mass is 35.5. The van der Waals surface area contributed by atoms with Crippen LogP contribution in [0.2, 0.25) is 5.02 Å². The maximum absolute atomic E-state index is 12.0. The normalized spacial score (nSPS) is 10.6. The van der Waals surface area contributed by atoms with Crippen molar-refractivity contribution < 1.29 is 19.2 Å². The molecule has 31 heavy (non-hydrogen) atoms. The molecule has 1 amide bonds. The van der Waals surface area contributed by atoms with E-state index in [-0.39, 0.29) is 22.2 Å². The summed E-state index contributed by atoms with van der Waals surface area (Å²) in [6.07, 6.45) is 0. The molecule has 0 saturated heterocycles. The van der Waals surface area contributed by atoms with Crippen molar-refractivity contribution in [2.75, 3.05) is 17.7 Å². The van der Waals surface area contributed by atoms with Crippen LogP contribution >= 0.6 is 34.7 Å². The Balaban J connectivity index is 1.52. The maximum atomic E-state index is 12.0. The zero-order valence-electron chi connectivity index (χ0n) is 16.1. The summed E-state index contributed by atoms with van der Waals surface area (Å²) in [7, 11) is 0. The highest BCUT2D eigenvalue weighted by Gasteiger charge is 2.18. The average molecular weight is 482 g/mol. The number of nitrogens with one attached hydrogen (secondary N) is 1. The zero-order chi connectivity index (χ0) is 22.4. The Morgan fingerprint density at radius 1 is 1.35 bits per heavy atom. The van der Waals surface area contributed by atoms with Gasteiger partial charge in [0.15, 0.2) is 17.6 Å². The number of thioether (sulfide) groups is 1. The lowest BCUT2D eigenvalue weighted by Crippen LogP contribution is -2.22. The fourth-order valence-electron chi connectivity index (χ4n) is 2.53. The number of nitro groups is 1. The van der Waals surface area contributed by atoms with Crippen molar-refractivity contribution in [3.05, 3.63) is 50.8 Å². The number of carbonyl (C=O) groups is 2. The zero-order valence-corrected chi connectivity index (χ0v) is 18.5. The highest BCUT2D eigenvalue weighted by Crippen LogP contribution is 2.28. The topological polar surface area (TPSA) is 129 Å². The molecule has 0 saturated carbocycles. The molecule has 0 aliphatic heterocycles. The Morgan fingerprint density at radius 3 is 2.84 bits per heavy atom. The number of nitro benzene ring substituents is 1. The number of halogens is 1. The smallest absolute Gasteiger partial charge is 0.316 e. The van der Waals surface area contributed by atoms with E-state index in [4.69, 9.17) is 16.3 Å². The molecule has 3 rings (SSSR count). The quantitative estimate of drug-likeness (QED) is 0.211. The average Bonchev–Trinajstić information content (AvgIpc) is 3.41. The number of esters is 1. The van der Waals surface area contributed by atoms with E-state index in [2.05, 4.69) is 15.5 Å². The number of amides is 1. The van der Waals surface area contributed by atoms with Gasteiger partial charge in [-0.25, -0.2) is 0 Å². The van der Waals surface area contributed by atoms with Crippen molar-refractivity contribution in [3.8, 4) is 10.7 Å². The van der Waals surface area contributed by atoms with Gasteiger partial charge in [0.2, 0.25) is 0 Å². The van der Waals surface area contributed by atoms with Gasteiger partial charge in [-0.2, -0.15) is 0 Å².